The number of nitrogens with zero attached hydrogens (tertiary/aromatic N) is 2. The lowest BCUT2D eigenvalue weighted by molar-refractivity contribution is -0.142. The maximum atomic E-state index is 13.7. The first-order valence-electron chi connectivity index (χ1n) is 14.6. The second-order valence-corrected chi connectivity index (χ2v) is 12.1. The van der Waals surface area contributed by atoms with Crippen molar-refractivity contribution in [1.82, 2.24) is 14.9 Å². The van der Waals surface area contributed by atoms with Gasteiger partial charge in [-0.2, -0.15) is 13.2 Å². The SMILES string of the molecule is O=C([C@H](O)c1cccc(C(F)(F)F)c1)N1CCCc2nc(C3(c4cccc(C5CCC(F)(F)CC5)c4)CC3)[nH]c(=O)c2C1. The van der Waals surface area contributed by atoms with Crippen LogP contribution in [0.4, 0.5) is 22.0 Å². The minimum atomic E-state index is -4.62. The highest BCUT2D eigenvalue weighted by atomic mass is 19.4. The summed E-state index contributed by atoms with van der Waals surface area (Å²) in [6, 6.07) is 12.0. The van der Waals surface area contributed by atoms with Crippen molar-refractivity contribution in [3.05, 3.63) is 98.2 Å². The molecule has 2 aliphatic carbocycles. The van der Waals surface area contributed by atoms with Crippen LogP contribution in [0.2, 0.25) is 0 Å². The van der Waals surface area contributed by atoms with Crippen molar-refractivity contribution < 1.29 is 31.9 Å². The minimum Gasteiger partial charge on any atom is -0.378 e. The van der Waals surface area contributed by atoms with Gasteiger partial charge in [-0.25, -0.2) is 13.8 Å². The van der Waals surface area contributed by atoms with Gasteiger partial charge in [0.2, 0.25) is 5.92 Å². The van der Waals surface area contributed by atoms with E-state index < -0.39 is 40.6 Å². The maximum absolute atomic E-state index is 13.7. The number of H-pyrrole nitrogens is 1. The molecule has 6 rings (SSSR count). The van der Waals surface area contributed by atoms with Crippen LogP contribution in [0.3, 0.4) is 0 Å². The molecule has 1 aromatic heterocycles. The molecule has 1 amide bonds. The number of hydrogen-bond acceptors (Lipinski definition) is 4. The minimum absolute atomic E-state index is 0.0595. The van der Waals surface area contributed by atoms with Crippen molar-refractivity contribution in [2.45, 2.75) is 87.4 Å². The lowest BCUT2D eigenvalue weighted by Crippen LogP contribution is -2.36. The Bertz CT molecular complexity index is 1590. The molecule has 0 saturated heterocycles. The largest absolute Gasteiger partial charge is 0.416 e. The first kappa shape index (κ1) is 29.5. The highest BCUT2D eigenvalue weighted by Gasteiger charge is 2.49. The highest BCUT2D eigenvalue weighted by Crippen LogP contribution is 2.53. The highest BCUT2D eigenvalue weighted by molar-refractivity contribution is 5.82. The monoisotopic (exact) mass is 601 g/mol. The van der Waals surface area contributed by atoms with E-state index in [1.54, 1.807) is 0 Å². The van der Waals surface area contributed by atoms with Crippen LogP contribution in [-0.4, -0.2) is 38.3 Å². The van der Waals surface area contributed by atoms with E-state index in [-0.39, 0.29) is 37.4 Å². The predicted molar refractivity (Wildman–Crippen MR) is 148 cm³/mol. The summed E-state index contributed by atoms with van der Waals surface area (Å²) in [5, 5.41) is 10.7. The Hall–Kier alpha value is -3.60. The number of rotatable bonds is 5. The number of aromatic nitrogens is 2. The number of aryl methyl sites for hydroxylation is 1. The van der Waals surface area contributed by atoms with Gasteiger partial charge in [-0.05, 0) is 73.3 Å². The summed E-state index contributed by atoms with van der Waals surface area (Å²) in [7, 11) is 0. The molecule has 0 bridgehead atoms. The van der Waals surface area contributed by atoms with Crippen LogP contribution in [0.15, 0.2) is 53.3 Å². The third-order valence-corrected chi connectivity index (χ3v) is 9.20. The topological polar surface area (TPSA) is 86.3 Å². The lowest BCUT2D eigenvalue weighted by Gasteiger charge is -2.29. The van der Waals surface area contributed by atoms with Gasteiger partial charge in [0.05, 0.1) is 28.8 Å². The van der Waals surface area contributed by atoms with E-state index in [9.17, 15) is 36.6 Å². The second-order valence-electron chi connectivity index (χ2n) is 12.1. The molecule has 3 aromatic rings. The first-order valence-corrected chi connectivity index (χ1v) is 14.6. The summed E-state index contributed by atoms with van der Waals surface area (Å²) in [6.07, 6.45) is -3.40. The number of halogens is 5. The molecule has 2 fully saturated rings. The van der Waals surface area contributed by atoms with E-state index in [1.165, 1.54) is 11.0 Å². The van der Waals surface area contributed by atoms with E-state index in [0.29, 0.717) is 42.8 Å². The van der Waals surface area contributed by atoms with Gasteiger partial charge in [0, 0.05) is 19.4 Å². The zero-order valence-corrected chi connectivity index (χ0v) is 23.4. The third-order valence-electron chi connectivity index (χ3n) is 9.20. The summed E-state index contributed by atoms with van der Waals surface area (Å²) in [4.78, 5) is 35.6. The van der Waals surface area contributed by atoms with Gasteiger partial charge in [0.1, 0.15) is 5.82 Å². The number of carbonyl (C=O) groups is 1. The molecule has 2 aromatic carbocycles. The van der Waals surface area contributed by atoms with Gasteiger partial charge in [0.15, 0.2) is 6.10 Å². The van der Waals surface area contributed by atoms with Crippen LogP contribution in [0.1, 0.15) is 96.3 Å². The molecular weight excluding hydrogens is 569 g/mol. The number of alkyl halides is 5. The smallest absolute Gasteiger partial charge is 0.378 e. The predicted octanol–water partition coefficient (Wildman–Crippen LogP) is 6.17. The molecule has 2 saturated carbocycles. The van der Waals surface area contributed by atoms with Crippen LogP contribution >= 0.6 is 0 Å². The van der Waals surface area contributed by atoms with E-state index in [1.807, 2.05) is 18.2 Å². The zero-order chi connectivity index (χ0) is 30.6. The molecule has 0 unspecified atom stereocenters. The summed E-state index contributed by atoms with van der Waals surface area (Å²) >= 11 is 0. The van der Waals surface area contributed by atoms with Gasteiger partial charge >= 0.3 is 6.18 Å². The Labute approximate surface area is 245 Å². The Kier molecular flexibility index (Phi) is 7.43. The Morgan fingerprint density at radius 2 is 1.77 bits per heavy atom. The molecule has 0 spiro atoms. The summed E-state index contributed by atoms with van der Waals surface area (Å²) in [5.74, 6) is -2.80. The van der Waals surface area contributed by atoms with E-state index >= 15 is 0 Å². The Balaban J connectivity index is 1.23. The van der Waals surface area contributed by atoms with E-state index in [0.717, 1.165) is 42.2 Å². The molecule has 228 valence electrons. The van der Waals surface area contributed by atoms with Crippen LogP contribution in [0, 0.1) is 0 Å². The molecule has 43 heavy (non-hydrogen) atoms. The molecule has 3 aliphatic rings. The number of aromatic amines is 1. The van der Waals surface area contributed by atoms with Crippen LogP contribution in [-0.2, 0) is 29.4 Å². The quantitative estimate of drug-likeness (QED) is 0.343. The number of carbonyl (C=O) groups excluding carboxylic acids is 1. The summed E-state index contributed by atoms with van der Waals surface area (Å²) < 4.78 is 66.9. The maximum Gasteiger partial charge on any atom is 0.416 e. The average Bonchev–Trinajstić information content (AvgIpc) is 3.81. The lowest BCUT2D eigenvalue weighted by atomic mass is 9.80. The van der Waals surface area contributed by atoms with Crippen molar-refractivity contribution in [3.8, 4) is 0 Å². The van der Waals surface area contributed by atoms with Crippen molar-refractivity contribution in [3.63, 3.8) is 0 Å². The normalized spacial score (nSPS) is 20.7. The first-order chi connectivity index (χ1) is 20.4. The fourth-order valence-electron chi connectivity index (χ4n) is 6.49. The molecule has 11 heteroatoms. The average molecular weight is 602 g/mol. The number of benzene rings is 2. The molecule has 1 aliphatic heterocycles. The zero-order valence-electron chi connectivity index (χ0n) is 23.4. The molecule has 1 atom stereocenters. The van der Waals surface area contributed by atoms with Crippen molar-refractivity contribution in [2.75, 3.05) is 6.54 Å². The molecule has 2 heterocycles. The third kappa shape index (κ3) is 5.83. The number of amides is 1. The van der Waals surface area contributed by atoms with Gasteiger partial charge in [-0.3, -0.25) is 9.59 Å². The van der Waals surface area contributed by atoms with Crippen LogP contribution in [0.25, 0.3) is 0 Å². The molecule has 0 radical (unpaired) electrons. The number of hydrogen-bond donors (Lipinski definition) is 2. The van der Waals surface area contributed by atoms with Crippen molar-refractivity contribution >= 4 is 5.91 Å². The van der Waals surface area contributed by atoms with Crippen LogP contribution < -0.4 is 5.56 Å². The fraction of sp³-hybridized carbons (Fsp3) is 0.469. The number of fused-ring (bicyclic) bond motifs is 1. The van der Waals surface area contributed by atoms with Gasteiger partial charge < -0.3 is 15.0 Å². The number of nitrogens with one attached hydrogen (secondary N) is 1. The van der Waals surface area contributed by atoms with E-state index in [2.05, 4.69) is 11.1 Å². The fourth-order valence-corrected chi connectivity index (χ4v) is 6.49. The van der Waals surface area contributed by atoms with Crippen LogP contribution in [0.5, 0.6) is 0 Å². The number of aliphatic hydroxyl groups is 1. The molecule has 2 N–H and O–H groups in total. The van der Waals surface area contributed by atoms with Gasteiger partial charge in [0.25, 0.3) is 11.5 Å². The second kappa shape index (κ2) is 10.8. The van der Waals surface area contributed by atoms with Gasteiger partial charge in [-0.15, -0.1) is 0 Å². The molecular formula is C32H32F5N3O3. The van der Waals surface area contributed by atoms with Crippen molar-refractivity contribution in [2.24, 2.45) is 0 Å². The molecule has 6 nitrogen and oxygen atoms in total. The summed E-state index contributed by atoms with van der Waals surface area (Å²) in [5.41, 5.74) is 0.829. The standard InChI is InChI=1S/C32H32F5N3O3/c33-31(34)11-9-19(10-12-31)20-4-1-6-22(16-20)30(13-14-30)29-38-25-8-3-15-40(18-24(25)27(42)39-29)28(43)26(41)21-5-2-7-23(17-21)32(35,36)37/h1-2,4-7,16-17,19,26,41H,3,8-15,18H2,(H,38,39,42)/t26-/m1/s1. The Morgan fingerprint density at radius 1 is 1.05 bits per heavy atom. The Morgan fingerprint density at radius 3 is 2.47 bits per heavy atom. The number of aliphatic hydroxyl groups excluding tert-OH is 1. The van der Waals surface area contributed by atoms with E-state index in [4.69, 9.17) is 4.98 Å². The summed E-state index contributed by atoms with van der Waals surface area (Å²) in [6.45, 7) is 0.0786. The van der Waals surface area contributed by atoms with Crippen molar-refractivity contribution in [1.29, 1.82) is 0 Å². The van der Waals surface area contributed by atoms with Gasteiger partial charge in [-0.1, -0.05) is 36.4 Å².